The van der Waals surface area contributed by atoms with Crippen molar-refractivity contribution in [1.29, 1.82) is 0 Å². The van der Waals surface area contributed by atoms with Crippen LogP contribution in [0.3, 0.4) is 0 Å². The molecule has 104 valence electrons. The van der Waals surface area contributed by atoms with E-state index in [-0.39, 0.29) is 26.8 Å². The van der Waals surface area contributed by atoms with E-state index < -0.39 is 5.91 Å². The van der Waals surface area contributed by atoms with Crippen molar-refractivity contribution in [2.24, 2.45) is 0 Å². The molecule has 3 nitrogen and oxygen atoms in total. The average molecular weight is 330 g/mol. The second-order valence-corrected chi connectivity index (χ2v) is 5.35. The van der Waals surface area contributed by atoms with E-state index in [2.05, 4.69) is 10.3 Å². The summed E-state index contributed by atoms with van der Waals surface area (Å²) in [4.78, 5) is 16.1. The Balaban J connectivity index is 2.19. The van der Waals surface area contributed by atoms with Crippen LogP contribution >= 0.6 is 34.8 Å². The van der Waals surface area contributed by atoms with Crippen LogP contribution in [0.25, 0.3) is 0 Å². The number of amides is 1. The minimum Gasteiger partial charge on any atom is -0.344 e. The van der Waals surface area contributed by atoms with Crippen molar-refractivity contribution < 1.29 is 4.79 Å². The van der Waals surface area contributed by atoms with E-state index in [4.69, 9.17) is 34.8 Å². The molecule has 1 unspecified atom stereocenters. The van der Waals surface area contributed by atoms with Crippen LogP contribution in [0.4, 0.5) is 0 Å². The zero-order valence-corrected chi connectivity index (χ0v) is 12.8. The SMILES string of the molecule is CC(NC(=O)c1ncc(Cl)c(Cl)c1Cl)c1ccccc1. The number of rotatable bonds is 3. The summed E-state index contributed by atoms with van der Waals surface area (Å²) in [6.07, 6.45) is 1.30. The van der Waals surface area contributed by atoms with E-state index in [0.717, 1.165) is 5.56 Å². The average Bonchev–Trinajstić information content (AvgIpc) is 2.45. The molecule has 0 saturated carbocycles. The predicted octanol–water partition coefficient (Wildman–Crippen LogP) is 4.53. The predicted molar refractivity (Wildman–Crippen MR) is 81.6 cm³/mol. The summed E-state index contributed by atoms with van der Waals surface area (Å²) in [5.41, 5.74) is 1.04. The van der Waals surface area contributed by atoms with Gasteiger partial charge in [0.05, 0.1) is 21.1 Å². The Morgan fingerprint density at radius 2 is 1.80 bits per heavy atom. The first-order valence-corrected chi connectivity index (χ1v) is 6.99. The van der Waals surface area contributed by atoms with Gasteiger partial charge in [0.2, 0.25) is 0 Å². The Bertz CT molecular complexity index is 632. The number of hydrogen-bond acceptors (Lipinski definition) is 2. The maximum Gasteiger partial charge on any atom is 0.271 e. The van der Waals surface area contributed by atoms with Crippen LogP contribution in [0.5, 0.6) is 0 Å². The lowest BCUT2D eigenvalue weighted by molar-refractivity contribution is 0.0935. The number of carbonyl (C=O) groups is 1. The van der Waals surface area contributed by atoms with E-state index in [1.807, 2.05) is 37.3 Å². The molecule has 0 radical (unpaired) electrons. The van der Waals surface area contributed by atoms with Gasteiger partial charge >= 0.3 is 0 Å². The van der Waals surface area contributed by atoms with Crippen LogP contribution in [0, 0.1) is 0 Å². The normalized spacial score (nSPS) is 12.0. The van der Waals surface area contributed by atoms with Gasteiger partial charge in [0.15, 0.2) is 0 Å². The molecule has 0 aliphatic heterocycles. The highest BCUT2D eigenvalue weighted by atomic mass is 35.5. The standard InChI is InChI=1S/C14H11Cl3N2O/c1-8(9-5-3-2-4-6-9)19-14(20)13-12(17)11(16)10(15)7-18-13/h2-8H,1H3,(H,19,20). The van der Waals surface area contributed by atoms with Crippen molar-refractivity contribution in [3.8, 4) is 0 Å². The maximum absolute atomic E-state index is 12.2. The van der Waals surface area contributed by atoms with Gasteiger partial charge in [-0.25, -0.2) is 4.98 Å². The van der Waals surface area contributed by atoms with Gasteiger partial charge < -0.3 is 5.32 Å². The number of pyridine rings is 1. The van der Waals surface area contributed by atoms with Crippen molar-refractivity contribution in [1.82, 2.24) is 10.3 Å². The van der Waals surface area contributed by atoms with Crippen molar-refractivity contribution in [2.45, 2.75) is 13.0 Å². The van der Waals surface area contributed by atoms with Crippen LogP contribution in [-0.4, -0.2) is 10.9 Å². The number of aromatic nitrogens is 1. The molecule has 0 fully saturated rings. The van der Waals surface area contributed by atoms with E-state index in [9.17, 15) is 4.79 Å². The smallest absolute Gasteiger partial charge is 0.271 e. The number of nitrogens with one attached hydrogen (secondary N) is 1. The molecule has 0 saturated heterocycles. The number of halogens is 3. The fourth-order valence-corrected chi connectivity index (χ4v) is 2.26. The molecule has 2 rings (SSSR count). The first kappa shape index (κ1) is 15.1. The van der Waals surface area contributed by atoms with Gasteiger partial charge in [-0.3, -0.25) is 4.79 Å². The first-order chi connectivity index (χ1) is 9.50. The molecular weight excluding hydrogens is 319 g/mol. The zero-order valence-electron chi connectivity index (χ0n) is 10.5. The molecule has 0 spiro atoms. The summed E-state index contributed by atoms with van der Waals surface area (Å²) >= 11 is 17.7. The van der Waals surface area contributed by atoms with Crippen molar-refractivity contribution in [3.05, 3.63) is 62.9 Å². The van der Waals surface area contributed by atoms with Crippen LogP contribution in [0.1, 0.15) is 29.0 Å². The number of hydrogen-bond donors (Lipinski definition) is 1. The Hall–Kier alpha value is -1.29. The van der Waals surface area contributed by atoms with Crippen LogP contribution < -0.4 is 5.32 Å². The van der Waals surface area contributed by atoms with Crippen molar-refractivity contribution >= 4 is 40.7 Å². The van der Waals surface area contributed by atoms with E-state index >= 15 is 0 Å². The molecule has 20 heavy (non-hydrogen) atoms. The minimum absolute atomic E-state index is 0.0527. The number of nitrogens with zero attached hydrogens (tertiary/aromatic N) is 1. The van der Waals surface area contributed by atoms with E-state index in [1.54, 1.807) is 0 Å². The fourth-order valence-electron chi connectivity index (χ4n) is 1.69. The zero-order chi connectivity index (χ0) is 14.7. The van der Waals surface area contributed by atoms with Gasteiger partial charge in [0.1, 0.15) is 5.69 Å². The Morgan fingerprint density at radius 1 is 1.15 bits per heavy atom. The Labute approximate surface area is 131 Å². The molecule has 1 N–H and O–H groups in total. The van der Waals surface area contributed by atoms with Crippen molar-refractivity contribution in [2.75, 3.05) is 0 Å². The molecule has 0 aliphatic carbocycles. The van der Waals surface area contributed by atoms with E-state index in [1.165, 1.54) is 6.20 Å². The van der Waals surface area contributed by atoms with Gasteiger partial charge in [0.25, 0.3) is 5.91 Å². The first-order valence-electron chi connectivity index (χ1n) is 5.86. The lowest BCUT2D eigenvalue weighted by Gasteiger charge is -2.14. The van der Waals surface area contributed by atoms with Crippen LogP contribution in [0.15, 0.2) is 36.5 Å². The molecule has 6 heteroatoms. The third kappa shape index (κ3) is 3.23. The molecule has 1 aromatic heterocycles. The monoisotopic (exact) mass is 328 g/mol. The second kappa shape index (κ2) is 6.44. The largest absolute Gasteiger partial charge is 0.344 e. The van der Waals surface area contributed by atoms with Crippen molar-refractivity contribution in [3.63, 3.8) is 0 Å². The molecule has 1 heterocycles. The summed E-state index contributed by atoms with van der Waals surface area (Å²) in [5, 5.41) is 3.20. The molecular formula is C14H11Cl3N2O. The van der Waals surface area contributed by atoms with Gasteiger partial charge in [-0.15, -0.1) is 0 Å². The van der Waals surface area contributed by atoms with Gasteiger partial charge in [-0.05, 0) is 12.5 Å². The van der Waals surface area contributed by atoms with Gasteiger partial charge in [-0.2, -0.15) is 0 Å². The number of benzene rings is 1. The third-order valence-corrected chi connectivity index (χ3v) is 4.02. The molecule has 0 bridgehead atoms. The highest BCUT2D eigenvalue weighted by molar-refractivity contribution is 6.48. The maximum atomic E-state index is 12.2. The summed E-state index contributed by atoms with van der Waals surface area (Å²) < 4.78 is 0. The lowest BCUT2D eigenvalue weighted by Crippen LogP contribution is -2.27. The number of carbonyl (C=O) groups excluding carboxylic acids is 1. The second-order valence-electron chi connectivity index (χ2n) is 4.19. The Morgan fingerprint density at radius 3 is 2.45 bits per heavy atom. The van der Waals surface area contributed by atoms with Gasteiger partial charge in [0, 0.05) is 6.20 Å². The topological polar surface area (TPSA) is 42.0 Å². The molecule has 2 aromatic rings. The molecule has 1 aromatic carbocycles. The van der Waals surface area contributed by atoms with Gasteiger partial charge in [-0.1, -0.05) is 65.1 Å². The highest BCUT2D eigenvalue weighted by Crippen LogP contribution is 2.31. The summed E-state index contributed by atoms with van der Waals surface area (Å²) in [6, 6.07) is 9.40. The molecule has 1 amide bonds. The van der Waals surface area contributed by atoms with Crippen LogP contribution in [0.2, 0.25) is 15.1 Å². The fraction of sp³-hybridized carbons (Fsp3) is 0.143. The van der Waals surface area contributed by atoms with Crippen LogP contribution in [-0.2, 0) is 0 Å². The summed E-state index contributed by atoms with van der Waals surface area (Å²) in [5.74, 6) is -0.398. The van der Waals surface area contributed by atoms with E-state index in [0.29, 0.717) is 0 Å². The molecule has 0 aliphatic rings. The lowest BCUT2D eigenvalue weighted by atomic mass is 10.1. The molecule has 1 atom stereocenters. The highest BCUT2D eigenvalue weighted by Gasteiger charge is 2.18. The third-order valence-electron chi connectivity index (χ3n) is 2.78. The summed E-state index contributed by atoms with van der Waals surface area (Å²) in [6.45, 7) is 1.87. The Kier molecular flexibility index (Phi) is 4.86. The quantitative estimate of drug-likeness (QED) is 0.898. The summed E-state index contributed by atoms with van der Waals surface area (Å²) in [7, 11) is 0. The minimum atomic E-state index is -0.398.